The lowest BCUT2D eigenvalue weighted by Gasteiger charge is -2.18. The molecule has 0 saturated heterocycles. The number of esters is 3. The third-order valence-electron chi connectivity index (χ3n) is 11.9. The van der Waals surface area contributed by atoms with E-state index in [1.165, 1.54) is 180 Å². The molecular weight excluding hydrogens is 709 g/mol. The van der Waals surface area contributed by atoms with Crippen LogP contribution < -0.4 is 0 Å². The van der Waals surface area contributed by atoms with Crippen LogP contribution in [0.2, 0.25) is 0 Å². The van der Waals surface area contributed by atoms with Crippen LogP contribution in [0.3, 0.4) is 0 Å². The first-order chi connectivity index (χ1) is 27.9. The molecular formula is C51H98O6. The fourth-order valence-electron chi connectivity index (χ4n) is 7.66. The van der Waals surface area contributed by atoms with Gasteiger partial charge in [-0.05, 0) is 25.2 Å². The van der Waals surface area contributed by atoms with Gasteiger partial charge in [0.1, 0.15) is 13.2 Å². The van der Waals surface area contributed by atoms with Gasteiger partial charge in [0.2, 0.25) is 0 Å². The zero-order valence-electron chi connectivity index (χ0n) is 38.8. The van der Waals surface area contributed by atoms with Crippen LogP contribution in [0.4, 0.5) is 0 Å². The Labute approximate surface area is 355 Å². The average molecular weight is 807 g/mol. The molecule has 0 aromatic carbocycles. The molecule has 2 atom stereocenters. The number of hydrogen-bond acceptors (Lipinski definition) is 6. The Hall–Kier alpha value is -1.59. The molecule has 6 heteroatoms. The molecule has 0 aliphatic carbocycles. The Bertz CT molecular complexity index is 859. The van der Waals surface area contributed by atoms with E-state index in [0.29, 0.717) is 19.3 Å². The van der Waals surface area contributed by atoms with E-state index >= 15 is 0 Å². The smallest absolute Gasteiger partial charge is 0.306 e. The predicted molar refractivity (Wildman–Crippen MR) is 243 cm³/mol. The average Bonchev–Trinajstić information content (AvgIpc) is 3.21. The van der Waals surface area contributed by atoms with Gasteiger partial charge in [0.05, 0.1) is 0 Å². The number of carbonyl (C=O) groups is 3. The van der Waals surface area contributed by atoms with Gasteiger partial charge in [-0.15, -0.1) is 0 Å². The highest BCUT2D eigenvalue weighted by Crippen LogP contribution is 2.17. The Morgan fingerprint density at radius 3 is 0.912 bits per heavy atom. The fourth-order valence-corrected chi connectivity index (χ4v) is 7.66. The standard InChI is InChI=1S/C51H98O6/c1-5-8-10-12-14-15-16-17-21-25-28-32-36-40-44-51(54)57-48(45-55-49(52)42-38-34-29-13-11-9-6-2)46-56-50(53)43-39-35-31-27-24-22-19-18-20-23-26-30-33-37-41-47(4)7-3/h47-48H,5-46H2,1-4H3/t47?,48-/m1/s1. The molecule has 0 bridgehead atoms. The molecule has 0 spiro atoms. The topological polar surface area (TPSA) is 78.9 Å². The summed E-state index contributed by atoms with van der Waals surface area (Å²) in [6.07, 6.45) is 46.6. The summed E-state index contributed by atoms with van der Waals surface area (Å²) >= 11 is 0. The van der Waals surface area contributed by atoms with Crippen LogP contribution in [-0.2, 0) is 28.6 Å². The zero-order chi connectivity index (χ0) is 41.7. The van der Waals surface area contributed by atoms with Gasteiger partial charge in [-0.1, -0.05) is 246 Å². The summed E-state index contributed by atoms with van der Waals surface area (Å²) in [5.74, 6) is 0.0435. The highest BCUT2D eigenvalue weighted by Gasteiger charge is 2.19. The van der Waals surface area contributed by atoms with Crippen molar-refractivity contribution in [1.29, 1.82) is 0 Å². The van der Waals surface area contributed by atoms with Crippen LogP contribution in [0.25, 0.3) is 0 Å². The van der Waals surface area contributed by atoms with Crippen LogP contribution >= 0.6 is 0 Å². The normalized spacial score (nSPS) is 12.4. The summed E-state index contributed by atoms with van der Waals surface area (Å²) < 4.78 is 16.7. The van der Waals surface area contributed by atoms with E-state index in [2.05, 4.69) is 27.7 Å². The minimum atomic E-state index is -0.759. The second-order valence-electron chi connectivity index (χ2n) is 17.7. The molecule has 0 amide bonds. The van der Waals surface area contributed by atoms with E-state index in [4.69, 9.17) is 14.2 Å². The first kappa shape index (κ1) is 55.4. The molecule has 0 aliphatic heterocycles. The molecule has 0 aromatic heterocycles. The van der Waals surface area contributed by atoms with Gasteiger partial charge >= 0.3 is 17.9 Å². The summed E-state index contributed by atoms with van der Waals surface area (Å²) in [5, 5.41) is 0. The zero-order valence-corrected chi connectivity index (χ0v) is 38.8. The summed E-state index contributed by atoms with van der Waals surface area (Å²) in [4.78, 5) is 37.7. The number of ether oxygens (including phenoxy) is 3. The summed E-state index contributed by atoms with van der Waals surface area (Å²) in [5.41, 5.74) is 0. The Morgan fingerprint density at radius 1 is 0.351 bits per heavy atom. The van der Waals surface area contributed by atoms with Gasteiger partial charge in [0.15, 0.2) is 6.10 Å². The molecule has 0 N–H and O–H groups in total. The highest BCUT2D eigenvalue weighted by molar-refractivity contribution is 5.71. The third kappa shape index (κ3) is 43.8. The molecule has 0 saturated carbocycles. The second-order valence-corrected chi connectivity index (χ2v) is 17.7. The van der Waals surface area contributed by atoms with Gasteiger partial charge in [-0.2, -0.15) is 0 Å². The van der Waals surface area contributed by atoms with Crippen molar-refractivity contribution in [2.75, 3.05) is 13.2 Å². The van der Waals surface area contributed by atoms with Gasteiger partial charge in [-0.25, -0.2) is 0 Å². The quantitative estimate of drug-likeness (QED) is 0.0346. The first-order valence-corrected chi connectivity index (χ1v) is 25.4. The van der Waals surface area contributed by atoms with Crippen LogP contribution in [0.15, 0.2) is 0 Å². The highest BCUT2D eigenvalue weighted by atomic mass is 16.6. The van der Waals surface area contributed by atoms with Crippen molar-refractivity contribution >= 4 is 17.9 Å². The Kier molecular flexibility index (Phi) is 44.2. The fraction of sp³-hybridized carbons (Fsp3) is 0.941. The number of rotatable bonds is 46. The van der Waals surface area contributed by atoms with Crippen molar-refractivity contribution in [2.24, 2.45) is 5.92 Å². The summed E-state index contributed by atoms with van der Waals surface area (Å²) in [6.45, 7) is 9.03. The SMILES string of the molecule is CCCCCCCCCCCCCCCCC(=O)O[C@H](COC(=O)CCCCCCCCC)COC(=O)CCCCCCCCCCCCCCCCC(C)CC. The van der Waals surface area contributed by atoms with Crippen LogP contribution in [0.1, 0.15) is 285 Å². The van der Waals surface area contributed by atoms with Crippen molar-refractivity contribution in [3.63, 3.8) is 0 Å². The monoisotopic (exact) mass is 807 g/mol. The van der Waals surface area contributed by atoms with Crippen molar-refractivity contribution < 1.29 is 28.6 Å². The molecule has 57 heavy (non-hydrogen) atoms. The molecule has 0 radical (unpaired) electrons. The second kappa shape index (κ2) is 45.5. The van der Waals surface area contributed by atoms with Crippen LogP contribution in [0.5, 0.6) is 0 Å². The van der Waals surface area contributed by atoms with Crippen molar-refractivity contribution in [3.8, 4) is 0 Å². The van der Waals surface area contributed by atoms with E-state index in [0.717, 1.165) is 63.7 Å². The number of carbonyl (C=O) groups excluding carboxylic acids is 3. The molecule has 1 unspecified atom stereocenters. The largest absolute Gasteiger partial charge is 0.462 e. The first-order valence-electron chi connectivity index (χ1n) is 25.4. The van der Waals surface area contributed by atoms with Gasteiger partial charge in [0.25, 0.3) is 0 Å². The van der Waals surface area contributed by atoms with E-state index in [9.17, 15) is 14.4 Å². The van der Waals surface area contributed by atoms with Crippen molar-refractivity contribution in [2.45, 2.75) is 291 Å². The summed E-state index contributed by atoms with van der Waals surface area (Å²) in [7, 11) is 0. The molecule has 0 fully saturated rings. The Balaban J connectivity index is 4.19. The lowest BCUT2D eigenvalue weighted by atomic mass is 9.99. The molecule has 0 aliphatic rings. The number of unbranched alkanes of at least 4 members (excludes halogenated alkanes) is 32. The molecule has 0 aromatic rings. The Morgan fingerprint density at radius 2 is 0.614 bits per heavy atom. The lowest BCUT2D eigenvalue weighted by Crippen LogP contribution is -2.30. The maximum Gasteiger partial charge on any atom is 0.306 e. The van der Waals surface area contributed by atoms with Crippen LogP contribution in [0, 0.1) is 5.92 Å². The minimum absolute atomic E-state index is 0.0632. The number of hydrogen-bond donors (Lipinski definition) is 0. The molecule has 0 heterocycles. The van der Waals surface area contributed by atoms with Crippen molar-refractivity contribution in [1.82, 2.24) is 0 Å². The minimum Gasteiger partial charge on any atom is -0.462 e. The van der Waals surface area contributed by atoms with Crippen molar-refractivity contribution in [3.05, 3.63) is 0 Å². The van der Waals surface area contributed by atoms with E-state index in [-0.39, 0.29) is 31.1 Å². The molecule has 6 nitrogen and oxygen atoms in total. The van der Waals surface area contributed by atoms with E-state index in [1.807, 2.05) is 0 Å². The van der Waals surface area contributed by atoms with Crippen LogP contribution in [-0.4, -0.2) is 37.2 Å². The third-order valence-corrected chi connectivity index (χ3v) is 11.9. The maximum atomic E-state index is 12.7. The van der Waals surface area contributed by atoms with Gasteiger partial charge < -0.3 is 14.2 Å². The lowest BCUT2D eigenvalue weighted by molar-refractivity contribution is -0.167. The van der Waals surface area contributed by atoms with E-state index < -0.39 is 6.10 Å². The molecule has 0 rings (SSSR count). The molecule has 338 valence electrons. The summed E-state index contributed by atoms with van der Waals surface area (Å²) in [6, 6.07) is 0. The maximum absolute atomic E-state index is 12.7. The van der Waals surface area contributed by atoms with E-state index in [1.54, 1.807) is 0 Å². The van der Waals surface area contributed by atoms with Gasteiger partial charge in [0, 0.05) is 19.3 Å². The van der Waals surface area contributed by atoms with Gasteiger partial charge in [-0.3, -0.25) is 14.4 Å². The predicted octanol–water partition coefficient (Wildman–Crippen LogP) is 16.3.